The quantitative estimate of drug-likeness (QED) is 0.571. The number of rotatable bonds is 6. The van der Waals surface area contributed by atoms with Crippen LogP contribution >= 0.6 is 11.3 Å². The first kappa shape index (κ1) is 20.0. The number of aliphatic carboxylic acids is 1. The van der Waals surface area contributed by atoms with Gasteiger partial charge in [0.25, 0.3) is 5.56 Å². The van der Waals surface area contributed by atoms with Crippen molar-refractivity contribution in [1.82, 2.24) is 14.5 Å². The van der Waals surface area contributed by atoms with E-state index < -0.39 is 46.7 Å². The van der Waals surface area contributed by atoms with Crippen molar-refractivity contribution in [2.24, 2.45) is 5.92 Å². The maximum atomic E-state index is 12.6. The predicted octanol–water partition coefficient (Wildman–Crippen LogP) is 0.449. The molecule has 4 N–H and O–H groups in total. The zero-order valence-electron chi connectivity index (χ0n) is 15.2. The number of hydrogen-bond donors (Lipinski definition) is 3. The SMILES string of the molecule is CCC(OC(C)=O)[C@@H]1C[C@H](CC(=O)O)[C@H](n2c(=O)sc3c(=O)[nH]c(N)nc32)O1. The van der Waals surface area contributed by atoms with Crippen LogP contribution in [0, 0.1) is 5.92 Å². The van der Waals surface area contributed by atoms with Crippen molar-refractivity contribution in [1.29, 1.82) is 0 Å². The lowest BCUT2D eigenvalue weighted by molar-refractivity contribution is -0.156. The molecule has 1 aliphatic rings. The maximum Gasteiger partial charge on any atom is 0.311 e. The molecule has 0 spiro atoms. The van der Waals surface area contributed by atoms with Crippen molar-refractivity contribution >= 4 is 39.6 Å². The third-order valence-electron chi connectivity index (χ3n) is 4.57. The summed E-state index contributed by atoms with van der Waals surface area (Å²) in [5.41, 5.74) is 5.08. The van der Waals surface area contributed by atoms with E-state index in [2.05, 4.69) is 9.97 Å². The molecule has 12 heteroatoms. The summed E-state index contributed by atoms with van der Waals surface area (Å²) in [4.78, 5) is 53.2. The van der Waals surface area contributed by atoms with Crippen LogP contribution in [0.15, 0.2) is 9.59 Å². The van der Waals surface area contributed by atoms with Gasteiger partial charge in [0.15, 0.2) is 5.65 Å². The molecule has 0 aromatic carbocycles. The number of nitrogens with one attached hydrogen (secondary N) is 1. The van der Waals surface area contributed by atoms with E-state index >= 15 is 0 Å². The highest BCUT2D eigenvalue weighted by Crippen LogP contribution is 2.40. The third-order valence-corrected chi connectivity index (χ3v) is 5.51. The van der Waals surface area contributed by atoms with Crippen LogP contribution in [0.5, 0.6) is 0 Å². The maximum absolute atomic E-state index is 12.6. The lowest BCUT2D eigenvalue weighted by Gasteiger charge is -2.22. The van der Waals surface area contributed by atoms with Gasteiger partial charge >= 0.3 is 16.8 Å². The van der Waals surface area contributed by atoms with Gasteiger partial charge in [0.2, 0.25) is 5.95 Å². The van der Waals surface area contributed by atoms with Crippen LogP contribution in [0.4, 0.5) is 5.95 Å². The second-order valence-corrected chi connectivity index (χ2v) is 7.52. The molecule has 3 heterocycles. The number of aromatic nitrogens is 3. The van der Waals surface area contributed by atoms with E-state index in [1.165, 1.54) is 11.5 Å². The van der Waals surface area contributed by atoms with E-state index in [0.29, 0.717) is 17.8 Å². The Morgan fingerprint density at radius 2 is 2.21 bits per heavy atom. The van der Waals surface area contributed by atoms with Crippen molar-refractivity contribution in [3.8, 4) is 0 Å². The minimum Gasteiger partial charge on any atom is -0.481 e. The van der Waals surface area contributed by atoms with Gasteiger partial charge in [-0.1, -0.05) is 18.3 Å². The van der Waals surface area contributed by atoms with Gasteiger partial charge in [-0.25, -0.2) is 0 Å². The molecular weight excluding hydrogens is 392 g/mol. The number of carboxylic acids is 1. The fraction of sp³-hybridized carbons (Fsp3) is 0.562. The van der Waals surface area contributed by atoms with Gasteiger partial charge in [0.05, 0.1) is 12.5 Å². The molecule has 0 aliphatic carbocycles. The van der Waals surface area contributed by atoms with Crippen LogP contribution in [0.1, 0.15) is 39.3 Å². The monoisotopic (exact) mass is 412 g/mol. The summed E-state index contributed by atoms with van der Waals surface area (Å²) in [6, 6.07) is 0. The van der Waals surface area contributed by atoms with Crippen molar-refractivity contribution in [2.45, 2.75) is 51.5 Å². The molecule has 0 bridgehead atoms. The first-order valence-electron chi connectivity index (χ1n) is 8.66. The fourth-order valence-corrected chi connectivity index (χ4v) is 4.33. The lowest BCUT2D eigenvalue weighted by atomic mass is 9.96. The number of hydrogen-bond acceptors (Lipinski definition) is 9. The van der Waals surface area contributed by atoms with Crippen molar-refractivity contribution in [2.75, 3.05) is 5.73 Å². The average molecular weight is 412 g/mol. The Labute approximate surface area is 162 Å². The number of esters is 1. The number of carbonyl (C=O) groups excluding carboxylic acids is 1. The van der Waals surface area contributed by atoms with Crippen molar-refractivity contribution in [3.05, 3.63) is 20.0 Å². The standard InChI is InChI=1S/C16H20N4O7S/c1-3-8(26-6(2)21)9-4-7(5-10(22)23)14(27-9)20-12-11(28-16(20)25)13(24)19-15(17)18-12/h7-9,14H,3-5H2,1-2H3,(H,22,23)(H3,17,18,19,24)/t7-,8?,9+,14-/m1/s1. The predicted molar refractivity (Wildman–Crippen MR) is 99.0 cm³/mol. The summed E-state index contributed by atoms with van der Waals surface area (Å²) < 4.78 is 12.5. The Hall–Kier alpha value is -2.73. The summed E-state index contributed by atoms with van der Waals surface area (Å²) >= 11 is 0.681. The highest BCUT2D eigenvalue weighted by molar-refractivity contribution is 7.16. The smallest absolute Gasteiger partial charge is 0.311 e. The van der Waals surface area contributed by atoms with Gasteiger partial charge < -0.3 is 20.3 Å². The molecule has 0 saturated carbocycles. The molecule has 28 heavy (non-hydrogen) atoms. The average Bonchev–Trinajstić information content (AvgIpc) is 3.12. The van der Waals surface area contributed by atoms with Crippen molar-refractivity contribution in [3.63, 3.8) is 0 Å². The van der Waals surface area contributed by atoms with E-state index in [1.807, 2.05) is 6.92 Å². The molecule has 1 saturated heterocycles. The number of carbonyl (C=O) groups is 2. The normalized spacial score (nSPS) is 23.0. The number of aromatic amines is 1. The number of ether oxygens (including phenoxy) is 2. The zero-order chi connectivity index (χ0) is 20.6. The van der Waals surface area contributed by atoms with Crippen LogP contribution in [0.2, 0.25) is 0 Å². The van der Waals surface area contributed by atoms with E-state index in [9.17, 15) is 24.3 Å². The molecule has 3 rings (SSSR count). The minimum atomic E-state index is -1.06. The van der Waals surface area contributed by atoms with E-state index in [4.69, 9.17) is 15.2 Å². The van der Waals surface area contributed by atoms with Gasteiger partial charge in [0, 0.05) is 12.8 Å². The second-order valence-electron chi connectivity index (χ2n) is 6.56. The topological polar surface area (TPSA) is 167 Å². The van der Waals surface area contributed by atoms with Crippen molar-refractivity contribution < 1.29 is 24.2 Å². The van der Waals surface area contributed by atoms with E-state index in [0.717, 1.165) is 0 Å². The molecule has 11 nitrogen and oxygen atoms in total. The van der Waals surface area contributed by atoms with Gasteiger partial charge in [-0.3, -0.25) is 28.7 Å². The molecule has 1 aliphatic heterocycles. The highest BCUT2D eigenvalue weighted by atomic mass is 32.1. The summed E-state index contributed by atoms with van der Waals surface area (Å²) in [6.45, 7) is 3.09. The largest absolute Gasteiger partial charge is 0.481 e. The molecule has 1 fully saturated rings. The molecule has 2 aromatic rings. The number of fused-ring (bicyclic) bond motifs is 1. The van der Waals surface area contributed by atoms with Crippen LogP contribution in [0.25, 0.3) is 10.3 Å². The lowest BCUT2D eigenvalue weighted by Crippen LogP contribution is -2.31. The number of thiazole rings is 1. The van der Waals surface area contributed by atoms with Gasteiger partial charge in [-0.2, -0.15) is 4.98 Å². The van der Waals surface area contributed by atoms with Crippen LogP contribution in [-0.4, -0.2) is 43.8 Å². The van der Waals surface area contributed by atoms with Crippen LogP contribution in [0.3, 0.4) is 0 Å². The summed E-state index contributed by atoms with van der Waals surface area (Å²) in [5, 5.41) is 9.27. The second kappa shape index (κ2) is 7.72. The molecule has 4 atom stereocenters. The molecule has 1 unspecified atom stereocenters. The molecule has 152 valence electrons. The van der Waals surface area contributed by atoms with Crippen LogP contribution in [-0.2, 0) is 19.1 Å². The Balaban J connectivity index is 2.05. The summed E-state index contributed by atoms with van der Waals surface area (Å²) in [5.74, 6) is -2.28. The summed E-state index contributed by atoms with van der Waals surface area (Å²) in [7, 11) is 0. The first-order chi connectivity index (χ1) is 13.2. The first-order valence-corrected chi connectivity index (χ1v) is 9.48. The minimum absolute atomic E-state index is 0.0397. The van der Waals surface area contributed by atoms with Gasteiger partial charge in [0.1, 0.15) is 17.0 Å². The number of nitrogens with two attached hydrogens (primary N) is 1. The fourth-order valence-electron chi connectivity index (χ4n) is 3.49. The van der Waals surface area contributed by atoms with Gasteiger partial charge in [-0.15, -0.1) is 0 Å². The molecule has 2 aromatic heterocycles. The number of anilines is 1. The Morgan fingerprint density at radius 1 is 1.50 bits per heavy atom. The van der Waals surface area contributed by atoms with E-state index in [1.54, 1.807) is 0 Å². The molecule has 0 radical (unpaired) electrons. The number of nitrogens with zero attached hydrogens (tertiary/aromatic N) is 2. The number of H-pyrrole nitrogens is 1. The Kier molecular flexibility index (Phi) is 5.52. The number of nitrogen functional groups attached to an aromatic ring is 1. The zero-order valence-corrected chi connectivity index (χ0v) is 16.0. The Bertz CT molecular complexity index is 1030. The molecule has 0 amide bonds. The Morgan fingerprint density at radius 3 is 2.82 bits per heavy atom. The molecular formula is C16H20N4O7S. The summed E-state index contributed by atoms with van der Waals surface area (Å²) in [6.07, 6.45) is -1.68. The highest BCUT2D eigenvalue weighted by Gasteiger charge is 2.43. The van der Waals surface area contributed by atoms with Crippen LogP contribution < -0.4 is 16.2 Å². The third kappa shape index (κ3) is 3.78. The van der Waals surface area contributed by atoms with E-state index in [-0.39, 0.29) is 29.1 Å². The van der Waals surface area contributed by atoms with Gasteiger partial charge in [-0.05, 0) is 12.8 Å². The number of carboxylic acid groups (broad SMARTS) is 1.